The number of fused-ring (bicyclic) bond motifs is 1. The third-order valence-electron chi connectivity index (χ3n) is 1.79. The molecule has 0 amide bonds. The van der Waals surface area contributed by atoms with E-state index in [9.17, 15) is 4.79 Å². The van der Waals surface area contributed by atoms with Gasteiger partial charge in [-0.15, -0.1) is 0 Å². The molecular formula is C9H8N2O. The van der Waals surface area contributed by atoms with Crippen LogP contribution in [0.4, 0.5) is 0 Å². The molecule has 0 aliphatic rings. The Kier molecular flexibility index (Phi) is 1.43. The van der Waals surface area contributed by atoms with E-state index in [1.165, 1.54) is 0 Å². The number of aromatic nitrogens is 2. The van der Waals surface area contributed by atoms with Gasteiger partial charge >= 0.3 is 0 Å². The Morgan fingerprint density at radius 3 is 3.17 bits per heavy atom. The van der Waals surface area contributed by atoms with Crippen LogP contribution in [-0.2, 0) is 0 Å². The van der Waals surface area contributed by atoms with Crippen molar-refractivity contribution in [3.05, 3.63) is 40.6 Å². The van der Waals surface area contributed by atoms with Crippen LogP contribution >= 0.6 is 0 Å². The Labute approximate surface area is 69.1 Å². The number of H-pyrrole nitrogens is 1. The first kappa shape index (κ1) is 7.03. The van der Waals surface area contributed by atoms with Crippen LogP contribution in [0, 0.1) is 6.92 Å². The molecule has 0 aliphatic carbocycles. The van der Waals surface area contributed by atoms with Gasteiger partial charge in [0.1, 0.15) is 0 Å². The summed E-state index contributed by atoms with van der Waals surface area (Å²) in [5.74, 6) is 0. The minimum absolute atomic E-state index is 0.0833. The van der Waals surface area contributed by atoms with Gasteiger partial charge in [-0.25, -0.2) is 0 Å². The highest BCUT2D eigenvalue weighted by atomic mass is 16.1. The fraction of sp³-hybridized carbons (Fsp3) is 0.111. The molecule has 2 heterocycles. The first-order valence-electron chi connectivity index (χ1n) is 3.71. The summed E-state index contributed by atoms with van der Waals surface area (Å²) in [6.07, 6.45) is 3.24. The van der Waals surface area contributed by atoms with Gasteiger partial charge in [-0.3, -0.25) is 9.78 Å². The van der Waals surface area contributed by atoms with Crippen molar-refractivity contribution in [2.45, 2.75) is 6.92 Å². The van der Waals surface area contributed by atoms with Crippen LogP contribution < -0.4 is 5.56 Å². The molecule has 0 saturated carbocycles. The molecule has 12 heavy (non-hydrogen) atoms. The number of aromatic amines is 1. The average molecular weight is 160 g/mol. The quantitative estimate of drug-likeness (QED) is 0.630. The van der Waals surface area contributed by atoms with Gasteiger partial charge in [0, 0.05) is 18.1 Å². The second kappa shape index (κ2) is 2.44. The lowest BCUT2D eigenvalue weighted by Gasteiger charge is -1.95. The van der Waals surface area contributed by atoms with Gasteiger partial charge in [-0.1, -0.05) is 0 Å². The van der Waals surface area contributed by atoms with Crippen molar-refractivity contribution in [2.75, 3.05) is 0 Å². The summed E-state index contributed by atoms with van der Waals surface area (Å²) in [6.45, 7) is 1.90. The van der Waals surface area contributed by atoms with E-state index in [4.69, 9.17) is 0 Å². The maximum atomic E-state index is 11.2. The Morgan fingerprint density at radius 1 is 1.50 bits per heavy atom. The minimum atomic E-state index is -0.0833. The fourth-order valence-corrected chi connectivity index (χ4v) is 1.19. The monoisotopic (exact) mass is 160 g/mol. The summed E-state index contributed by atoms with van der Waals surface area (Å²) in [7, 11) is 0. The zero-order valence-corrected chi connectivity index (χ0v) is 6.66. The molecule has 0 atom stereocenters. The van der Waals surface area contributed by atoms with Gasteiger partial charge in [0.25, 0.3) is 5.56 Å². The summed E-state index contributed by atoms with van der Waals surface area (Å²) in [4.78, 5) is 17.8. The van der Waals surface area contributed by atoms with Crippen molar-refractivity contribution >= 4 is 10.8 Å². The van der Waals surface area contributed by atoms with Crippen molar-refractivity contribution in [3.63, 3.8) is 0 Å². The highest BCUT2D eigenvalue weighted by molar-refractivity contribution is 5.80. The second-order valence-corrected chi connectivity index (χ2v) is 2.72. The van der Waals surface area contributed by atoms with Crippen molar-refractivity contribution in [3.8, 4) is 0 Å². The van der Waals surface area contributed by atoms with Crippen molar-refractivity contribution in [2.24, 2.45) is 0 Å². The van der Waals surface area contributed by atoms with E-state index in [0.29, 0.717) is 5.39 Å². The summed E-state index contributed by atoms with van der Waals surface area (Å²) >= 11 is 0. The SMILES string of the molecule is Cc1cc2cc[nH]c(=O)c2cn1. The molecule has 3 heteroatoms. The number of nitrogens with zero attached hydrogens (tertiary/aromatic N) is 1. The Bertz CT molecular complexity index is 473. The Balaban J connectivity index is 2.96. The maximum absolute atomic E-state index is 11.2. The first-order valence-corrected chi connectivity index (χ1v) is 3.71. The van der Waals surface area contributed by atoms with Crippen molar-refractivity contribution in [1.82, 2.24) is 9.97 Å². The molecule has 60 valence electrons. The summed E-state index contributed by atoms with van der Waals surface area (Å²) in [5, 5.41) is 1.58. The second-order valence-electron chi connectivity index (χ2n) is 2.72. The number of pyridine rings is 2. The highest BCUT2D eigenvalue weighted by Crippen LogP contribution is 2.07. The van der Waals surface area contributed by atoms with Crippen LogP contribution in [0.2, 0.25) is 0 Å². The zero-order valence-electron chi connectivity index (χ0n) is 6.66. The largest absolute Gasteiger partial charge is 0.329 e. The van der Waals surface area contributed by atoms with Crippen LogP contribution in [0.15, 0.2) is 29.3 Å². The minimum Gasteiger partial charge on any atom is -0.329 e. The van der Waals surface area contributed by atoms with E-state index in [1.54, 1.807) is 12.4 Å². The molecule has 1 N–H and O–H groups in total. The molecule has 0 aliphatic heterocycles. The van der Waals surface area contributed by atoms with Gasteiger partial charge in [0.15, 0.2) is 0 Å². The van der Waals surface area contributed by atoms with E-state index in [1.807, 2.05) is 19.1 Å². The number of nitrogens with one attached hydrogen (secondary N) is 1. The molecule has 2 rings (SSSR count). The third kappa shape index (κ3) is 0.993. The van der Waals surface area contributed by atoms with E-state index in [2.05, 4.69) is 9.97 Å². The number of aryl methyl sites for hydroxylation is 1. The van der Waals surface area contributed by atoms with Crippen LogP contribution in [0.25, 0.3) is 10.8 Å². The average Bonchev–Trinajstić information content (AvgIpc) is 2.04. The molecule has 0 aromatic carbocycles. The Hall–Kier alpha value is -1.64. The lowest BCUT2D eigenvalue weighted by atomic mass is 10.2. The van der Waals surface area contributed by atoms with Crippen molar-refractivity contribution in [1.29, 1.82) is 0 Å². The predicted octanol–water partition coefficient (Wildman–Crippen LogP) is 1.23. The van der Waals surface area contributed by atoms with Crippen LogP contribution in [0.1, 0.15) is 5.69 Å². The molecule has 2 aromatic heterocycles. The fourth-order valence-electron chi connectivity index (χ4n) is 1.19. The lowest BCUT2D eigenvalue weighted by Crippen LogP contribution is -2.04. The van der Waals surface area contributed by atoms with Gasteiger partial charge in [-0.2, -0.15) is 0 Å². The van der Waals surface area contributed by atoms with E-state index in [0.717, 1.165) is 11.1 Å². The molecule has 0 unspecified atom stereocenters. The van der Waals surface area contributed by atoms with Gasteiger partial charge < -0.3 is 4.98 Å². The first-order chi connectivity index (χ1) is 5.77. The Morgan fingerprint density at radius 2 is 2.33 bits per heavy atom. The smallest absolute Gasteiger partial charge is 0.257 e. The maximum Gasteiger partial charge on any atom is 0.257 e. The van der Waals surface area contributed by atoms with Crippen LogP contribution in [0.5, 0.6) is 0 Å². The van der Waals surface area contributed by atoms with Crippen LogP contribution in [-0.4, -0.2) is 9.97 Å². The van der Waals surface area contributed by atoms with Gasteiger partial charge in [0.05, 0.1) is 5.39 Å². The third-order valence-corrected chi connectivity index (χ3v) is 1.79. The van der Waals surface area contributed by atoms with Gasteiger partial charge in [-0.05, 0) is 24.4 Å². The zero-order chi connectivity index (χ0) is 8.55. The van der Waals surface area contributed by atoms with Crippen molar-refractivity contribution < 1.29 is 0 Å². The highest BCUT2D eigenvalue weighted by Gasteiger charge is 1.96. The molecule has 2 aromatic rings. The van der Waals surface area contributed by atoms with E-state index < -0.39 is 0 Å². The molecule has 3 nitrogen and oxygen atoms in total. The standard InChI is InChI=1S/C9H8N2O/c1-6-4-7-2-3-10-9(12)8(7)5-11-6/h2-5H,1H3,(H,10,12). The molecule has 0 spiro atoms. The van der Waals surface area contributed by atoms with E-state index in [-0.39, 0.29) is 5.56 Å². The molecule has 0 radical (unpaired) electrons. The van der Waals surface area contributed by atoms with E-state index >= 15 is 0 Å². The number of hydrogen-bond acceptors (Lipinski definition) is 2. The summed E-state index contributed by atoms with van der Waals surface area (Å²) in [5.41, 5.74) is 0.841. The van der Waals surface area contributed by atoms with Crippen LogP contribution in [0.3, 0.4) is 0 Å². The lowest BCUT2D eigenvalue weighted by molar-refractivity contribution is 1.20. The predicted molar refractivity (Wildman–Crippen MR) is 47.1 cm³/mol. The normalized spacial score (nSPS) is 10.4. The number of rotatable bonds is 0. The molecular weight excluding hydrogens is 152 g/mol. The van der Waals surface area contributed by atoms with Gasteiger partial charge in [0.2, 0.25) is 0 Å². The molecule has 0 fully saturated rings. The molecule has 0 saturated heterocycles. The molecule has 0 bridgehead atoms. The summed E-state index contributed by atoms with van der Waals surface area (Å²) < 4.78 is 0. The topological polar surface area (TPSA) is 45.8 Å². The summed E-state index contributed by atoms with van der Waals surface area (Å²) in [6, 6.07) is 3.76. The number of hydrogen-bond donors (Lipinski definition) is 1.